The second kappa shape index (κ2) is 5.61. The number of carbonyl (C=O) groups is 2. The summed E-state index contributed by atoms with van der Waals surface area (Å²) in [5.41, 5.74) is 5.56. The van der Waals surface area contributed by atoms with Gasteiger partial charge >= 0.3 is 5.97 Å². The molecule has 1 aromatic carbocycles. The van der Waals surface area contributed by atoms with Crippen LogP contribution in [0.1, 0.15) is 35.4 Å². The molecule has 6 heteroatoms. The van der Waals surface area contributed by atoms with Gasteiger partial charge in [-0.15, -0.1) is 0 Å². The summed E-state index contributed by atoms with van der Waals surface area (Å²) in [5.74, 6) is -2.23. The SMILES string of the molecule is CC(O)c1cccc(O)c1C(=O)C(N)CC(=O)O. The summed E-state index contributed by atoms with van der Waals surface area (Å²) in [5, 5.41) is 27.8. The Labute approximate surface area is 104 Å². The first-order valence-corrected chi connectivity index (χ1v) is 5.36. The summed E-state index contributed by atoms with van der Waals surface area (Å²) in [6.45, 7) is 1.44. The number of hydrogen-bond acceptors (Lipinski definition) is 5. The lowest BCUT2D eigenvalue weighted by atomic mass is 9.94. The Morgan fingerprint density at radius 1 is 1.39 bits per heavy atom. The van der Waals surface area contributed by atoms with Crippen molar-refractivity contribution in [3.63, 3.8) is 0 Å². The average Bonchev–Trinajstić information content (AvgIpc) is 2.26. The Morgan fingerprint density at radius 3 is 2.50 bits per heavy atom. The number of carboxylic acid groups (broad SMARTS) is 1. The third-order valence-electron chi connectivity index (χ3n) is 2.50. The van der Waals surface area contributed by atoms with Crippen molar-refractivity contribution >= 4 is 11.8 Å². The van der Waals surface area contributed by atoms with Crippen LogP contribution in [-0.4, -0.2) is 33.1 Å². The average molecular weight is 253 g/mol. The molecular formula is C12H15NO5. The highest BCUT2D eigenvalue weighted by Gasteiger charge is 2.25. The Bertz CT molecular complexity index is 470. The van der Waals surface area contributed by atoms with E-state index in [2.05, 4.69) is 0 Å². The third-order valence-corrected chi connectivity index (χ3v) is 2.50. The minimum Gasteiger partial charge on any atom is -0.507 e. The number of aliphatic hydroxyl groups is 1. The number of aromatic hydroxyl groups is 1. The standard InChI is InChI=1S/C12H15NO5/c1-6(14)7-3-2-4-9(15)11(7)12(18)8(13)5-10(16)17/h2-4,6,8,14-15H,5,13H2,1H3,(H,16,17). The lowest BCUT2D eigenvalue weighted by Gasteiger charge is -2.15. The molecule has 0 amide bonds. The summed E-state index contributed by atoms with van der Waals surface area (Å²) in [6, 6.07) is 2.99. The van der Waals surface area contributed by atoms with Crippen molar-refractivity contribution in [2.24, 2.45) is 5.73 Å². The number of phenols is 1. The second-order valence-corrected chi connectivity index (χ2v) is 3.99. The first kappa shape index (κ1) is 14.1. The largest absolute Gasteiger partial charge is 0.507 e. The number of carboxylic acids is 1. The number of rotatable bonds is 5. The smallest absolute Gasteiger partial charge is 0.305 e. The molecule has 5 N–H and O–H groups in total. The van der Waals surface area contributed by atoms with Crippen molar-refractivity contribution < 1.29 is 24.9 Å². The van der Waals surface area contributed by atoms with Crippen molar-refractivity contribution in [3.05, 3.63) is 29.3 Å². The van der Waals surface area contributed by atoms with Crippen molar-refractivity contribution in [1.82, 2.24) is 0 Å². The molecule has 2 atom stereocenters. The van der Waals surface area contributed by atoms with Crippen LogP contribution in [0.4, 0.5) is 0 Å². The monoisotopic (exact) mass is 253 g/mol. The topological polar surface area (TPSA) is 121 Å². The predicted molar refractivity (Wildman–Crippen MR) is 63.3 cm³/mol. The molecular weight excluding hydrogens is 238 g/mol. The van der Waals surface area contributed by atoms with Gasteiger partial charge in [0, 0.05) is 0 Å². The highest BCUT2D eigenvalue weighted by molar-refractivity contribution is 6.04. The van der Waals surface area contributed by atoms with Crippen molar-refractivity contribution in [3.8, 4) is 5.75 Å². The summed E-state index contributed by atoms with van der Waals surface area (Å²) >= 11 is 0. The van der Waals surface area contributed by atoms with Gasteiger partial charge in [-0.05, 0) is 18.6 Å². The number of aliphatic carboxylic acids is 1. The molecule has 1 aromatic rings. The molecule has 0 heterocycles. The number of nitrogens with two attached hydrogens (primary N) is 1. The van der Waals surface area contributed by atoms with Gasteiger partial charge < -0.3 is 21.1 Å². The molecule has 0 aromatic heterocycles. The number of hydrogen-bond donors (Lipinski definition) is 4. The van der Waals surface area contributed by atoms with E-state index in [0.717, 1.165) is 0 Å². The first-order chi connectivity index (χ1) is 8.34. The lowest BCUT2D eigenvalue weighted by molar-refractivity contribution is -0.137. The molecule has 0 aliphatic carbocycles. The highest BCUT2D eigenvalue weighted by Crippen LogP contribution is 2.27. The Hall–Kier alpha value is -1.92. The van der Waals surface area contributed by atoms with Crippen LogP contribution in [0, 0.1) is 0 Å². The first-order valence-electron chi connectivity index (χ1n) is 5.36. The Balaban J connectivity index is 3.15. The maximum Gasteiger partial charge on any atom is 0.305 e. The minimum absolute atomic E-state index is 0.124. The number of Topliss-reactive ketones (excluding diaryl/α,β-unsaturated/α-hetero) is 1. The number of carbonyl (C=O) groups excluding carboxylic acids is 1. The van der Waals surface area contributed by atoms with Crippen LogP contribution in [0.5, 0.6) is 5.75 Å². The quantitative estimate of drug-likeness (QED) is 0.565. The fourth-order valence-electron chi connectivity index (χ4n) is 1.64. The van der Waals surface area contributed by atoms with Gasteiger partial charge in [-0.2, -0.15) is 0 Å². The number of phenolic OH excluding ortho intramolecular Hbond substituents is 1. The normalized spacial score (nSPS) is 13.9. The van der Waals surface area contributed by atoms with Crippen LogP contribution in [0.3, 0.4) is 0 Å². The zero-order valence-electron chi connectivity index (χ0n) is 9.83. The van der Waals surface area contributed by atoms with Gasteiger partial charge in [0.15, 0.2) is 5.78 Å². The predicted octanol–water partition coefficient (Wildman–Crippen LogP) is 0.430. The van der Waals surface area contributed by atoms with E-state index < -0.39 is 30.3 Å². The van der Waals surface area contributed by atoms with E-state index in [4.69, 9.17) is 10.8 Å². The molecule has 2 unspecified atom stereocenters. The van der Waals surface area contributed by atoms with E-state index in [1.54, 1.807) is 0 Å². The molecule has 0 saturated carbocycles. The van der Waals surface area contributed by atoms with E-state index in [-0.39, 0.29) is 16.9 Å². The van der Waals surface area contributed by atoms with Crippen LogP contribution in [-0.2, 0) is 4.79 Å². The minimum atomic E-state index is -1.26. The molecule has 18 heavy (non-hydrogen) atoms. The number of benzene rings is 1. The van der Waals surface area contributed by atoms with Gasteiger partial charge in [-0.3, -0.25) is 9.59 Å². The van der Waals surface area contributed by atoms with Gasteiger partial charge in [0.2, 0.25) is 0 Å². The lowest BCUT2D eigenvalue weighted by Crippen LogP contribution is -2.33. The van der Waals surface area contributed by atoms with Gasteiger partial charge in [0.05, 0.1) is 24.1 Å². The van der Waals surface area contributed by atoms with E-state index in [1.807, 2.05) is 0 Å². The molecule has 6 nitrogen and oxygen atoms in total. The fraction of sp³-hybridized carbons (Fsp3) is 0.333. The summed E-state index contributed by atoms with van der Waals surface area (Å²) in [6.07, 6.45) is -1.50. The van der Waals surface area contributed by atoms with E-state index >= 15 is 0 Å². The van der Waals surface area contributed by atoms with Crippen LogP contribution in [0.15, 0.2) is 18.2 Å². The van der Waals surface area contributed by atoms with Crippen LogP contribution in [0.2, 0.25) is 0 Å². The molecule has 0 bridgehead atoms. The Kier molecular flexibility index (Phi) is 4.41. The fourth-order valence-corrected chi connectivity index (χ4v) is 1.64. The van der Waals surface area contributed by atoms with Gasteiger partial charge in [0.25, 0.3) is 0 Å². The van der Waals surface area contributed by atoms with Crippen LogP contribution >= 0.6 is 0 Å². The molecule has 0 aliphatic rings. The van der Waals surface area contributed by atoms with Crippen LogP contribution in [0.25, 0.3) is 0 Å². The molecule has 0 saturated heterocycles. The second-order valence-electron chi connectivity index (χ2n) is 3.99. The number of ketones is 1. The van der Waals surface area contributed by atoms with Crippen molar-refractivity contribution in [2.75, 3.05) is 0 Å². The van der Waals surface area contributed by atoms with Crippen molar-refractivity contribution in [1.29, 1.82) is 0 Å². The van der Waals surface area contributed by atoms with E-state index in [9.17, 15) is 19.8 Å². The maximum absolute atomic E-state index is 12.0. The molecule has 0 aliphatic heterocycles. The number of aliphatic hydroxyl groups excluding tert-OH is 1. The Morgan fingerprint density at radius 2 is 2.00 bits per heavy atom. The van der Waals surface area contributed by atoms with Crippen molar-refractivity contribution in [2.45, 2.75) is 25.5 Å². The molecule has 98 valence electrons. The highest BCUT2D eigenvalue weighted by atomic mass is 16.4. The summed E-state index contributed by atoms with van der Waals surface area (Å²) in [4.78, 5) is 22.5. The maximum atomic E-state index is 12.0. The van der Waals surface area contributed by atoms with E-state index in [0.29, 0.717) is 0 Å². The van der Waals surface area contributed by atoms with Gasteiger partial charge in [-0.25, -0.2) is 0 Å². The van der Waals surface area contributed by atoms with Crippen LogP contribution < -0.4 is 5.73 Å². The molecule has 0 radical (unpaired) electrons. The van der Waals surface area contributed by atoms with Gasteiger partial charge in [-0.1, -0.05) is 12.1 Å². The molecule has 1 rings (SSSR count). The van der Waals surface area contributed by atoms with Gasteiger partial charge in [0.1, 0.15) is 5.75 Å². The summed E-state index contributed by atoms with van der Waals surface area (Å²) < 4.78 is 0. The zero-order chi connectivity index (χ0) is 13.9. The zero-order valence-corrected chi connectivity index (χ0v) is 9.83. The molecule has 0 fully saturated rings. The molecule has 0 spiro atoms. The summed E-state index contributed by atoms with van der Waals surface area (Å²) in [7, 11) is 0. The van der Waals surface area contributed by atoms with E-state index in [1.165, 1.54) is 25.1 Å². The third kappa shape index (κ3) is 3.06.